The third kappa shape index (κ3) is 9.06. The van der Waals surface area contributed by atoms with Crippen molar-refractivity contribution in [2.75, 3.05) is 27.2 Å². The Morgan fingerprint density at radius 1 is 1.02 bits per heavy atom. The van der Waals surface area contributed by atoms with E-state index in [0.29, 0.717) is 47.3 Å². The minimum absolute atomic E-state index is 0.0292. The summed E-state index contributed by atoms with van der Waals surface area (Å²) in [7, 11) is 3.88. The molecule has 1 aromatic heterocycles. The van der Waals surface area contributed by atoms with Crippen LogP contribution >= 0.6 is 0 Å². The molecule has 1 heterocycles. The summed E-state index contributed by atoms with van der Waals surface area (Å²) in [5, 5.41) is 2.90. The number of hydrogen-bond donors (Lipinski definition) is 1. The van der Waals surface area contributed by atoms with Crippen molar-refractivity contribution < 1.29 is 23.1 Å². The van der Waals surface area contributed by atoms with Crippen molar-refractivity contribution in [3.8, 4) is 11.1 Å². The first-order valence-corrected chi connectivity index (χ1v) is 15.4. The fourth-order valence-electron chi connectivity index (χ4n) is 5.64. The van der Waals surface area contributed by atoms with Gasteiger partial charge in [0.05, 0.1) is 24.8 Å². The van der Waals surface area contributed by atoms with E-state index in [1.807, 2.05) is 32.8 Å². The van der Waals surface area contributed by atoms with Crippen molar-refractivity contribution in [1.29, 1.82) is 0 Å². The number of likely N-dealkylation sites (N-methyl/N-ethyl adjacent to an activating group) is 1. The number of ether oxygens (including phenoxy) is 1. The van der Waals surface area contributed by atoms with Gasteiger partial charge in [-0.3, -0.25) is 23.9 Å². The van der Waals surface area contributed by atoms with E-state index in [2.05, 4.69) is 10.3 Å². The molecule has 45 heavy (non-hydrogen) atoms. The number of carbonyl (C=O) groups is 2. The Hall–Kier alpha value is -3.92. The van der Waals surface area contributed by atoms with Crippen molar-refractivity contribution >= 4 is 11.9 Å². The Balaban J connectivity index is 2.14. The Bertz CT molecular complexity index is 1580. The van der Waals surface area contributed by atoms with Gasteiger partial charge in [0.25, 0.3) is 5.56 Å². The predicted molar refractivity (Wildman–Crippen MR) is 172 cm³/mol. The number of nitrogens with one attached hydrogen (secondary N) is 1. The maximum atomic E-state index is 15.9. The van der Waals surface area contributed by atoms with Gasteiger partial charge in [-0.1, -0.05) is 13.8 Å². The Labute approximate surface area is 264 Å². The summed E-state index contributed by atoms with van der Waals surface area (Å²) in [6.07, 6.45) is 2.20. The van der Waals surface area contributed by atoms with Crippen LogP contribution in [0.3, 0.4) is 0 Å². The molecular formula is C35H46F2N4O4. The molecule has 0 radical (unpaired) electrons. The quantitative estimate of drug-likeness (QED) is 0.237. The summed E-state index contributed by atoms with van der Waals surface area (Å²) < 4.78 is 36.6. The molecule has 0 fully saturated rings. The van der Waals surface area contributed by atoms with Gasteiger partial charge in [0.15, 0.2) is 0 Å². The molecule has 0 aliphatic heterocycles. The molecule has 0 aliphatic carbocycles. The monoisotopic (exact) mass is 624 g/mol. The highest BCUT2D eigenvalue weighted by molar-refractivity contribution is 5.82. The fraction of sp³-hybridized carbons (Fsp3) is 0.486. The van der Waals surface area contributed by atoms with E-state index in [0.717, 1.165) is 5.56 Å². The molecule has 244 valence electrons. The molecular weight excluding hydrogens is 578 g/mol. The molecule has 0 bridgehead atoms. The normalized spacial score (nSPS) is 12.8. The van der Waals surface area contributed by atoms with E-state index < -0.39 is 35.3 Å². The zero-order valence-electron chi connectivity index (χ0n) is 27.9. The molecule has 2 atom stereocenters. The molecule has 0 spiro atoms. The van der Waals surface area contributed by atoms with Crippen LogP contribution in [0.15, 0.2) is 35.3 Å². The zero-order chi connectivity index (χ0) is 33.6. The van der Waals surface area contributed by atoms with Crippen molar-refractivity contribution in [2.45, 2.75) is 79.8 Å². The summed E-state index contributed by atoms with van der Waals surface area (Å²) in [6, 6.07) is 4.06. The lowest BCUT2D eigenvalue weighted by atomic mass is 9.90. The van der Waals surface area contributed by atoms with Crippen molar-refractivity contribution in [2.24, 2.45) is 5.92 Å². The van der Waals surface area contributed by atoms with Crippen LogP contribution in [0.5, 0.6) is 0 Å². The number of hydrogen-bond acceptors (Lipinski definition) is 6. The lowest BCUT2D eigenvalue weighted by molar-refractivity contribution is -0.144. The number of aryl methyl sites for hydroxylation is 4. The van der Waals surface area contributed by atoms with E-state index in [4.69, 9.17) is 4.74 Å². The highest BCUT2D eigenvalue weighted by Gasteiger charge is 2.30. The smallest absolute Gasteiger partial charge is 0.308 e. The lowest BCUT2D eigenvalue weighted by Gasteiger charge is -2.27. The number of amides is 1. The molecule has 2 aromatic carbocycles. The minimum atomic E-state index is -1.10. The highest BCUT2D eigenvalue weighted by atomic mass is 19.1. The molecule has 0 saturated heterocycles. The second-order valence-electron chi connectivity index (χ2n) is 12.4. The van der Waals surface area contributed by atoms with E-state index in [-0.39, 0.29) is 36.0 Å². The third-order valence-electron chi connectivity index (χ3n) is 7.73. The van der Waals surface area contributed by atoms with Gasteiger partial charge < -0.3 is 15.0 Å². The topological polar surface area (TPSA) is 93.5 Å². The van der Waals surface area contributed by atoms with Gasteiger partial charge in [-0.15, -0.1) is 0 Å². The number of esters is 1. The van der Waals surface area contributed by atoms with Gasteiger partial charge in [0, 0.05) is 24.7 Å². The highest BCUT2D eigenvalue weighted by Crippen LogP contribution is 2.34. The number of benzene rings is 2. The summed E-state index contributed by atoms with van der Waals surface area (Å²) in [5.74, 6) is -2.05. The number of halogens is 2. The van der Waals surface area contributed by atoms with Gasteiger partial charge in [0.2, 0.25) is 5.91 Å². The SMILES string of the molecule is CCOC(=O)C[C@H](NC(=O)[C@H](CC(C)C)n1cc(CCN(C)C)nc(C)c1=O)c1cc(-c2c(C)cc(F)cc2C)cc(C)c1F. The van der Waals surface area contributed by atoms with Crippen LogP contribution in [0.1, 0.15) is 79.3 Å². The molecule has 0 saturated carbocycles. The van der Waals surface area contributed by atoms with Crippen LogP contribution in [0.4, 0.5) is 8.78 Å². The van der Waals surface area contributed by atoms with Gasteiger partial charge in [-0.25, -0.2) is 8.78 Å². The van der Waals surface area contributed by atoms with Crippen molar-refractivity contribution in [3.05, 3.63) is 86.1 Å². The number of nitrogens with zero attached hydrogens (tertiary/aromatic N) is 3. The summed E-state index contributed by atoms with van der Waals surface area (Å²) in [5.41, 5.74) is 3.67. The first-order valence-electron chi connectivity index (χ1n) is 15.4. The average Bonchev–Trinajstić information content (AvgIpc) is 2.93. The minimum Gasteiger partial charge on any atom is -0.466 e. The summed E-state index contributed by atoms with van der Waals surface area (Å²) in [4.78, 5) is 46.7. The van der Waals surface area contributed by atoms with Crippen LogP contribution < -0.4 is 10.9 Å². The standard InChI is InChI=1S/C35H46F2N4O4/c1-10-45-31(42)18-29(28-17-25(14-23(6)33(28)37)32-21(4)15-26(36)16-22(32)5)39-34(43)30(13-20(2)3)41-19-27(11-12-40(8)9)38-24(7)35(41)44/h14-17,19-20,29-30H,10-13,18H2,1-9H3,(H,39,43)/t29-,30-/m0/s1. The summed E-state index contributed by atoms with van der Waals surface area (Å²) >= 11 is 0. The number of rotatable bonds is 13. The number of carbonyl (C=O) groups excluding carboxylic acids is 2. The largest absolute Gasteiger partial charge is 0.466 e. The maximum absolute atomic E-state index is 15.9. The first kappa shape index (κ1) is 35.6. The molecule has 1 amide bonds. The maximum Gasteiger partial charge on any atom is 0.308 e. The molecule has 0 unspecified atom stereocenters. The molecule has 10 heteroatoms. The van der Waals surface area contributed by atoms with E-state index >= 15 is 4.39 Å². The zero-order valence-corrected chi connectivity index (χ0v) is 27.9. The van der Waals surface area contributed by atoms with Crippen LogP contribution in [-0.2, 0) is 20.7 Å². The fourth-order valence-corrected chi connectivity index (χ4v) is 5.64. The predicted octanol–water partition coefficient (Wildman–Crippen LogP) is 5.92. The van der Waals surface area contributed by atoms with Crippen molar-refractivity contribution in [3.63, 3.8) is 0 Å². The Morgan fingerprint density at radius 2 is 1.67 bits per heavy atom. The second kappa shape index (κ2) is 15.4. The van der Waals surface area contributed by atoms with Gasteiger partial charge >= 0.3 is 5.97 Å². The summed E-state index contributed by atoms with van der Waals surface area (Å²) in [6.45, 7) is 13.2. The second-order valence-corrected chi connectivity index (χ2v) is 12.4. The lowest BCUT2D eigenvalue weighted by Crippen LogP contribution is -2.41. The molecule has 0 aliphatic rings. The van der Waals surface area contributed by atoms with Crippen LogP contribution in [-0.4, -0.2) is 53.6 Å². The van der Waals surface area contributed by atoms with Crippen LogP contribution in [0.2, 0.25) is 0 Å². The van der Waals surface area contributed by atoms with E-state index in [1.54, 1.807) is 52.9 Å². The van der Waals surface area contributed by atoms with Crippen LogP contribution in [0.25, 0.3) is 11.1 Å². The van der Waals surface area contributed by atoms with E-state index in [1.165, 1.54) is 16.7 Å². The molecule has 3 rings (SSSR count). The number of aromatic nitrogens is 2. The molecule has 3 aromatic rings. The Kier molecular flexibility index (Phi) is 12.2. The van der Waals surface area contributed by atoms with Crippen molar-refractivity contribution in [1.82, 2.24) is 19.8 Å². The van der Waals surface area contributed by atoms with Gasteiger partial charge in [-0.2, -0.15) is 0 Å². The average molecular weight is 625 g/mol. The van der Waals surface area contributed by atoms with Gasteiger partial charge in [0.1, 0.15) is 23.4 Å². The third-order valence-corrected chi connectivity index (χ3v) is 7.73. The van der Waals surface area contributed by atoms with E-state index in [9.17, 15) is 18.8 Å². The Morgan fingerprint density at radius 3 is 2.24 bits per heavy atom. The van der Waals surface area contributed by atoms with Crippen LogP contribution in [0, 0.1) is 45.2 Å². The molecule has 8 nitrogen and oxygen atoms in total. The van der Waals surface area contributed by atoms with Gasteiger partial charge in [-0.05, 0) is 113 Å². The first-order chi connectivity index (χ1) is 21.1. The molecule has 1 N–H and O–H groups in total.